The lowest BCUT2D eigenvalue weighted by molar-refractivity contribution is -0.121. The van der Waals surface area contributed by atoms with Gasteiger partial charge in [-0.25, -0.2) is 4.99 Å². The fraction of sp³-hybridized carbons (Fsp3) is 0.524. The maximum atomic E-state index is 13.4. The standard InChI is InChI=1S/C63H78N4O9S2/c1-39(2)56-37-78-77-36-54-53-34-52-45-19-22-49(70)33-48(69)21-18-43-20-23-57(72)59(74-3)51(43)16-7-14-46(31-45)58(60(52)76-61(53)73)75-38-65-63(25-9-17-55(54)66-62(64)67-56)24-8-13-41(35-63)27-42-29-47(32-50(71)30-42)44(15-10-26-68)28-40-11-5-4-6-12-40/h4-6,11-12,20,23,29-32,39,41,44,49,53-56,61,65,68,70-73H,8,10,13-15,18-19,21-22,24-28,33-38H2,1-3H3,(H3,64,66,67). The number of hydrogen-bond acceptors (Lipinski definition) is 15. The number of aryl methyl sites for hydroxylation is 2. The van der Waals surface area contributed by atoms with Crippen LogP contribution in [0.4, 0.5) is 0 Å². The van der Waals surface area contributed by atoms with Crippen molar-refractivity contribution in [2.75, 3.05) is 32.0 Å². The first-order valence-corrected chi connectivity index (χ1v) is 30.5. The lowest BCUT2D eigenvalue weighted by Crippen LogP contribution is -2.52. The van der Waals surface area contributed by atoms with Crippen LogP contribution in [-0.4, -0.2) is 99.2 Å². The van der Waals surface area contributed by atoms with Gasteiger partial charge in [-0.2, -0.15) is 0 Å². The number of phenolic OH excluding ortho intramolecular Hbond substituents is 2. The minimum Gasteiger partial charge on any atom is -0.508 e. The summed E-state index contributed by atoms with van der Waals surface area (Å²) in [5.41, 5.74) is 13.5. The summed E-state index contributed by atoms with van der Waals surface area (Å²) >= 11 is 0. The Hall–Kier alpha value is -5.52. The third kappa shape index (κ3) is 14.3. The van der Waals surface area contributed by atoms with E-state index in [0.717, 1.165) is 84.1 Å². The van der Waals surface area contributed by atoms with Gasteiger partial charge >= 0.3 is 0 Å². The topological polar surface area (TPSA) is 208 Å². The number of Topliss-reactive ketones (excluding diaryl/α,β-unsaturated/α-hetero) is 1. The Morgan fingerprint density at radius 2 is 1.76 bits per heavy atom. The lowest BCUT2D eigenvalue weighted by Gasteiger charge is -2.42. The summed E-state index contributed by atoms with van der Waals surface area (Å²) in [6.07, 6.45) is 7.05. The zero-order valence-electron chi connectivity index (χ0n) is 45.4. The van der Waals surface area contributed by atoms with Crippen molar-refractivity contribution in [2.24, 2.45) is 34.4 Å². The number of hydrogen-bond donors (Lipinski definition) is 8. The van der Waals surface area contributed by atoms with Crippen LogP contribution in [0, 0.1) is 47.4 Å². The van der Waals surface area contributed by atoms with Crippen LogP contribution >= 0.6 is 21.6 Å². The normalized spacial score (nSPS) is 26.2. The minimum absolute atomic E-state index is 0.00226. The van der Waals surface area contributed by atoms with Gasteiger partial charge in [0.05, 0.1) is 30.9 Å². The number of fused-ring (bicyclic) bond motifs is 7. The summed E-state index contributed by atoms with van der Waals surface area (Å²) in [6.45, 7) is 4.53. The van der Waals surface area contributed by atoms with Crippen LogP contribution in [-0.2, 0) is 43.3 Å². The maximum Gasteiger partial charge on any atom is 0.201 e. The summed E-state index contributed by atoms with van der Waals surface area (Å²) in [7, 11) is 5.00. The molecule has 416 valence electrons. The Balaban J connectivity index is 1.11. The highest BCUT2D eigenvalue weighted by Gasteiger charge is 2.43. The Morgan fingerprint density at radius 3 is 2.56 bits per heavy atom. The molecule has 6 aliphatic rings. The molecule has 4 aliphatic heterocycles. The van der Waals surface area contributed by atoms with Crippen LogP contribution in [0.2, 0.25) is 0 Å². The molecule has 0 radical (unpaired) electrons. The third-order valence-corrected chi connectivity index (χ3v) is 19.1. The molecule has 1 saturated carbocycles. The molecule has 78 heavy (non-hydrogen) atoms. The molecule has 4 aromatic rings. The Kier molecular flexibility index (Phi) is 19.5. The third-order valence-electron chi connectivity index (χ3n) is 16.6. The molecule has 10 rings (SSSR count). The van der Waals surface area contributed by atoms with Gasteiger partial charge in [-0.05, 0) is 134 Å². The quantitative estimate of drug-likeness (QED) is 0.0553. The van der Waals surface area contributed by atoms with Gasteiger partial charge in [0.25, 0.3) is 0 Å². The number of carbonyl (C=O) groups excluding carboxylic acids is 1. The second-order valence-electron chi connectivity index (χ2n) is 22.5. The van der Waals surface area contributed by atoms with Crippen molar-refractivity contribution in [1.29, 1.82) is 0 Å². The predicted octanol–water partition coefficient (Wildman–Crippen LogP) is 8.68. The fourth-order valence-electron chi connectivity index (χ4n) is 12.4. The molecule has 6 bridgehead atoms. The second kappa shape index (κ2) is 26.6. The minimum atomic E-state index is -1.24. The van der Waals surface area contributed by atoms with Gasteiger partial charge in [0.2, 0.25) is 6.29 Å². The SMILES string of the molecule is COc1c(O)ccc2c1C#CCc1cc(c3c4c1OCNC1(CC#CC5NC(N)=NC(C(C)C)CSSCC5C(C3)C(O)O4)CCCC(Cc3cc(O)cc(C(CCCO)Cc4ccccc4)c3)C1)CCC(O)CC(=O)CC2. The lowest BCUT2D eigenvalue weighted by atomic mass is 9.72. The van der Waals surface area contributed by atoms with Crippen LogP contribution in [0.25, 0.3) is 0 Å². The highest BCUT2D eigenvalue weighted by molar-refractivity contribution is 8.76. The van der Waals surface area contributed by atoms with Gasteiger partial charge in [-0.15, -0.1) is 0 Å². The largest absolute Gasteiger partial charge is 0.508 e. The van der Waals surface area contributed by atoms with Gasteiger partial charge in [0.15, 0.2) is 29.0 Å². The van der Waals surface area contributed by atoms with Crippen molar-refractivity contribution in [3.63, 3.8) is 0 Å². The van der Waals surface area contributed by atoms with E-state index in [1.165, 1.54) is 12.7 Å². The van der Waals surface area contributed by atoms with Crippen molar-refractivity contribution >= 4 is 33.3 Å². The monoisotopic (exact) mass is 1100 g/mol. The van der Waals surface area contributed by atoms with Crippen molar-refractivity contribution in [1.82, 2.24) is 10.6 Å². The summed E-state index contributed by atoms with van der Waals surface area (Å²) in [6, 6.07) is 21.4. The van der Waals surface area contributed by atoms with Crippen molar-refractivity contribution in [3.05, 3.63) is 111 Å². The summed E-state index contributed by atoms with van der Waals surface area (Å²) in [5, 5.41) is 63.2. The van der Waals surface area contributed by atoms with Gasteiger partial charge in [0, 0.05) is 72.3 Å². The summed E-state index contributed by atoms with van der Waals surface area (Å²) in [5.74, 6) is 17.0. The molecule has 13 nitrogen and oxygen atoms in total. The summed E-state index contributed by atoms with van der Waals surface area (Å²) in [4.78, 5) is 18.4. The molecule has 4 aromatic carbocycles. The number of nitrogens with zero attached hydrogens (tertiary/aromatic N) is 1. The van der Waals surface area contributed by atoms with E-state index >= 15 is 0 Å². The Bertz CT molecular complexity index is 2900. The molecule has 9 N–H and O–H groups in total. The molecule has 1 fully saturated rings. The van der Waals surface area contributed by atoms with Crippen molar-refractivity contribution in [2.45, 2.75) is 153 Å². The molecule has 0 aromatic heterocycles. The predicted molar refractivity (Wildman–Crippen MR) is 310 cm³/mol. The Labute approximate surface area is 468 Å². The van der Waals surface area contributed by atoms with E-state index < -0.39 is 29.9 Å². The first-order chi connectivity index (χ1) is 37.8. The number of nitrogens with one attached hydrogen (secondary N) is 2. The number of ether oxygens (including phenoxy) is 3. The molecule has 15 heteroatoms. The van der Waals surface area contributed by atoms with E-state index in [0.29, 0.717) is 67.3 Å². The van der Waals surface area contributed by atoms with Crippen LogP contribution in [0.1, 0.15) is 128 Å². The number of guanidine groups is 1. The fourth-order valence-corrected chi connectivity index (χ4v) is 15.2. The van der Waals surface area contributed by atoms with Gasteiger partial charge < -0.3 is 50.8 Å². The number of aliphatic imine (C=N–C) groups is 1. The molecule has 9 unspecified atom stereocenters. The molecule has 4 heterocycles. The van der Waals surface area contributed by atoms with Crippen molar-refractivity contribution < 1.29 is 44.5 Å². The number of carbonyl (C=O) groups is 1. The maximum absolute atomic E-state index is 13.4. The first kappa shape index (κ1) is 57.2. The van der Waals surface area contributed by atoms with E-state index in [2.05, 4.69) is 84.6 Å². The average Bonchev–Trinajstić information content (AvgIpc) is 3.62. The van der Waals surface area contributed by atoms with Crippen LogP contribution in [0.3, 0.4) is 0 Å². The molecule has 2 aliphatic carbocycles. The average molecular weight is 1100 g/mol. The highest BCUT2D eigenvalue weighted by Crippen LogP contribution is 2.47. The van der Waals surface area contributed by atoms with E-state index in [4.69, 9.17) is 24.9 Å². The molecule has 0 saturated heterocycles. The number of ketones is 1. The number of methoxy groups -OCH3 is 1. The first-order valence-electron chi connectivity index (χ1n) is 28.1. The number of aromatic hydroxyl groups is 2. The smallest absolute Gasteiger partial charge is 0.201 e. The number of aliphatic hydroxyl groups is 3. The van der Waals surface area contributed by atoms with Gasteiger partial charge in [-0.3, -0.25) is 10.1 Å². The van der Waals surface area contributed by atoms with Crippen LogP contribution in [0.5, 0.6) is 28.7 Å². The van der Waals surface area contributed by atoms with E-state index in [1.54, 1.807) is 33.7 Å². The van der Waals surface area contributed by atoms with Crippen LogP contribution in [0.15, 0.2) is 71.7 Å². The number of benzene rings is 4. The number of rotatable bonds is 10. The number of aliphatic hydroxyl groups excluding tert-OH is 3. The molecule has 1 spiro atoms. The van der Waals surface area contributed by atoms with Gasteiger partial charge in [-0.1, -0.05) is 114 Å². The van der Waals surface area contributed by atoms with Gasteiger partial charge in [0.1, 0.15) is 18.3 Å². The molecule has 9 atom stereocenters. The Morgan fingerprint density at radius 1 is 0.923 bits per heavy atom. The molecule has 0 amide bonds. The number of nitrogens with two attached hydrogens (primary N) is 1. The molecular weight excluding hydrogens is 1020 g/mol. The van der Waals surface area contributed by atoms with E-state index in [9.17, 15) is 30.3 Å². The van der Waals surface area contributed by atoms with Crippen molar-refractivity contribution in [3.8, 4) is 52.4 Å². The van der Waals surface area contributed by atoms with E-state index in [1.807, 2.05) is 18.2 Å². The number of phenols is 2. The highest BCUT2D eigenvalue weighted by atomic mass is 33.1. The van der Waals surface area contributed by atoms with E-state index in [-0.39, 0.29) is 85.3 Å². The summed E-state index contributed by atoms with van der Waals surface area (Å²) < 4.78 is 19.4. The zero-order chi connectivity index (χ0) is 54.8. The zero-order valence-corrected chi connectivity index (χ0v) is 47.0. The second-order valence-corrected chi connectivity index (χ2v) is 25.1. The van der Waals surface area contributed by atoms with Crippen LogP contribution < -0.4 is 30.6 Å². The molecular formula is C63H78N4O9S2.